The lowest BCUT2D eigenvalue weighted by molar-refractivity contribution is 0.163. The molecule has 0 radical (unpaired) electrons. The second-order valence-electron chi connectivity index (χ2n) is 4.80. The smallest absolute Gasteiger partial charge is 0.0792 e. The van der Waals surface area contributed by atoms with Crippen LogP contribution in [-0.2, 0) is 0 Å². The van der Waals surface area contributed by atoms with Crippen LogP contribution in [0.2, 0.25) is 0 Å². The van der Waals surface area contributed by atoms with Crippen LogP contribution in [0.1, 0.15) is 61.0 Å². The SMILES string of the molecule is CCCCCC(O)c1cc(C)c(C)cc1C. The van der Waals surface area contributed by atoms with Crippen molar-refractivity contribution in [2.75, 3.05) is 0 Å². The van der Waals surface area contributed by atoms with Crippen molar-refractivity contribution in [1.82, 2.24) is 0 Å². The molecule has 0 aliphatic rings. The van der Waals surface area contributed by atoms with E-state index in [-0.39, 0.29) is 6.10 Å². The molecule has 1 aromatic carbocycles. The number of aliphatic hydroxyl groups is 1. The van der Waals surface area contributed by atoms with Crippen molar-refractivity contribution in [1.29, 1.82) is 0 Å². The lowest BCUT2D eigenvalue weighted by atomic mass is 9.94. The van der Waals surface area contributed by atoms with Crippen LogP contribution >= 0.6 is 0 Å². The van der Waals surface area contributed by atoms with Crippen LogP contribution in [-0.4, -0.2) is 5.11 Å². The molecule has 1 nitrogen and oxygen atoms in total. The molecule has 0 amide bonds. The zero-order valence-corrected chi connectivity index (χ0v) is 11.0. The van der Waals surface area contributed by atoms with Gasteiger partial charge in [-0.2, -0.15) is 0 Å². The van der Waals surface area contributed by atoms with Crippen molar-refractivity contribution in [2.45, 2.75) is 59.5 Å². The molecule has 0 bridgehead atoms. The third kappa shape index (κ3) is 3.34. The van der Waals surface area contributed by atoms with Crippen LogP contribution in [0.4, 0.5) is 0 Å². The molecule has 90 valence electrons. The Morgan fingerprint density at radius 2 is 1.62 bits per heavy atom. The summed E-state index contributed by atoms with van der Waals surface area (Å²) in [6.45, 7) is 8.51. The molecule has 1 heteroatoms. The molecule has 0 heterocycles. The monoisotopic (exact) mass is 220 g/mol. The fourth-order valence-corrected chi connectivity index (χ4v) is 2.09. The third-order valence-electron chi connectivity index (χ3n) is 3.32. The second-order valence-corrected chi connectivity index (χ2v) is 4.80. The first-order valence-electron chi connectivity index (χ1n) is 6.32. The van der Waals surface area contributed by atoms with E-state index in [9.17, 15) is 5.11 Å². The van der Waals surface area contributed by atoms with Gasteiger partial charge >= 0.3 is 0 Å². The van der Waals surface area contributed by atoms with Gasteiger partial charge in [0.05, 0.1) is 6.10 Å². The van der Waals surface area contributed by atoms with Gasteiger partial charge in [0.25, 0.3) is 0 Å². The average molecular weight is 220 g/mol. The van der Waals surface area contributed by atoms with E-state index in [1.165, 1.54) is 29.5 Å². The van der Waals surface area contributed by atoms with Crippen LogP contribution in [0.3, 0.4) is 0 Å². The molecule has 0 aromatic heterocycles. The first kappa shape index (κ1) is 13.2. The Hall–Kier alpha value is -0.820. The Morgan fingerprint density at radius 1 is 1.00 bits per heavy atom. The fourth-order valence-electron chi connectivity index (χ4n) is 2.09. The lowest BCUT2D eigenvalue weighted by Crippen LogP contribution is -2.01. The van der Waals surface area contributed by atoms with Crippen LogP contribution < -0.4 is 0 Å². The summed E-state index contributed by atoms with van der Waals surface area (Å²) < 4.78 is 0. The van der Waals surface area contributed by atoms with Crippen molar-refractivity contribution in [2.24, 2.45) is 0 Å². The van der Waals surface area contributed by atoms with Crippen LogP contribution in [0, 0.1) is 20.8 Å². The third-order valence-corrected chi connectivity index (χ3v) is 3.32. The summed E-state index contributed by atoms with van der Waals surface area (Å²) in [6, 6.07) is 4.31. The van der Waals surface area contributed by atoms with Gasteiger partial charge in [-0.25, -0.2) is 0 Å². The van der Waals surface area contributed by atoms with Gasteiger partial charge in [-0.05, 0) is 49.4 Å². The van der Waals surface area contributed by atoms with Crippen molar-refractivity contribution in [3.05, 3.63) is 34.4 Å². The Bertz CT molecular complexity index is 342. The van der Waals surface area contributed by atoms with E-state index < -0.39 is 0 Å². The second kappa shape index (κ2) is 6.05. The number of aliphatic hydroxyl groups excluding tert-OH is 1. The number of hydrogen-bond acceptors (Lipinski definition) is 1. The van der Waals surface area contributed by atoms with Gasteiger partial charge in [0.15, 0.2) is 0 Å². The summed E-state index contributed by atoms with van der Waals surface area (Å²) in [5, 5.41) is 10.1. The summed E-state index contributed by atoms with van der Waals surface area (Å²) in [6.07, 6.45) is 4.13. The number of rotatable bonds is 5. The molecule has 0 aliphatic heterocycles. The number of benzene rings is 1. The average Bonchev–Trinajstić information content (AvgIpc) is 2.23. The highest BCUT2D eigenvalue weighted by atomic mass is 16.3. The Morgan fingerprint density at radius 3 is 2.25 bits per heavy atom. The summed E-state index contributed by atoms with van der Waals surface area (Å²) in [7, 11) is 0. The molecule has 0 saturated heterocycles. The highest BCUT2D eigenvalue weighted by Crippen LogP contribution is 2.25. The van der Waals surface area contributed by atoms with Gasteiger partial charge in [-0.3, -0.25) is 0 Å². The number of aryl methyl sites for hydroxylation is 3. The fraction of sp³-hybridized carbons (Fsp3) is 0.600. The normalized spacial score (nSPS) is 12.8. The summed E-state index contributed by atoms with van der Waals surface area (Å²) >= 11 is 0. The van der Waals surface area contributed by atoms with Gasteiger partial charge < -0.3 is 5.11 Å². The molecule has 1 rings (SSSR count). The van der Waals surface area contributed by atoms with Crippen molar-refractivity contribution in [3.63, 3.8) is 0 Å². The molecule has 0 fully saturated rings. The van der Waals surface area contributed by atoms with Crippen LogP contribution in [0.5, 0.6) is 0 Å². The van der Waals surface area contributed by atoms with Crippen LogP contribution in [0.15, 0.2) is 12.1 Å². The molecule has 16 heavy (non-hydrogen) atoms. The Balaban J connectivity index is 2.75. The van der Waals surface area contributed by atoms with Crippen molar-refractivity contribution in [3.8, 4) is 0 Å². The van der Waals surface area contributed by atoms with E-state index in [0.717, 1.165) is 18.4 Å². The molecule has 0 aliphatic carbocycles. The standard InChI is InChI=1S/C15H24O/c1-5-6-7-8-15(16)14-10-12(3)11(2)9-13(14)4/h9-10,15-16H,5-8H2,1-4H3. The first-order chi connectivity index (χ1) is 7.56. The van der Waals surface area contributed by atoms with E-state index >= 15 is 0 Å². The van der Waals surface area contributed by atoms with Gasteiger partial charge in [-0.1, -0.05) is 38.3 Å². The highest BCUT2D eigenvalue weighted by Gasteiger charge is 2.11. The molecular weight excluding hydrogens is 196 g/mol. The van der Waals surface area contributed by atoms with E-state index in [1.54, 1.807) is 0 Å². The first-order valence-corrected chi connectivity index (χ1v) is 6.32. The van der Waals surface area contributed by atoms with Gasteiger partial charge in [0.2, 0.25) is 0 Å². The molecule has 1 aromatic rings. The summed E-state index contributed by atoms with van der Waals surface area (Å²) in [5.41, 5.74) is 4.91. The summed E-state index contributed by atoms with van der Waals surface area (Å²) in [5.74, 6) is 0. The van der Waals surface area contributed by atoms with E-state index in [0.29, 0.717) is 0 Å². The minimum atomic E-state index is -0.286. The van der Waals surface area contributed by atoms with Gasteiger partial charge in [0, 0.05) is 0 Å². The van der Waals surface area contributed by atoms with Crippen molar-refractivity contribution >= 4 is 0 Å². The quantitative estimate of drug-likeness (QED) is 0.736. The maximum absolute atomic E-state index is 10.1. The number of hydrogen-bond donors (Lipinski definition) is 1. The van der Waals surface area contributed by atoms with E-state index in [2.05, 4.69) is 39.8 Å². The maximum Gasteiger partial charge on any atom is 0.0792 e. The Kier molecular flexibility index (Phi) is 5.01. The van der Waals surface area contributed by atoms with Gasteiger partial charge in [0.1, 0.15) is 0 Å². The minimum absolute atomic E-state index is 0.286. The molecule has 1 atom stereocenters. The largest absolute Gasteiger partial charge is 0.388 e. The Labute approximate surface area is 99.5 Å². The van der Waals surface area contributed by atoms with E-state index in [1.807, 2.05) is 0 Å². The number of unbranched alkanes of at least 4 members (excludes halogenated alkanes) is 2. The lowest BCUT2D eigenvalue weighted by Gasteiger charge is -2.15. The predicted molar refractivity (Wildman–Crippen MR) is 69.8 cm³/mol. The van der Waals surface area contributed by atoms with Crippen LogP contribution in [0.25, 0.3) is 0 Å². The van der Waals surface area contributed by atoms with E-state index in [4.69, 9.17) is 0 Å². The molecule has 0 spiro atoms. The predicted octanol–water partition coefficient (Wildman–Crippen LogP) is 4.23. The topological polar surface area (TPSA) is 20.2 Å². The highest BCUT2D eigenvalue weighted by molar-refractivity contribution is 5.37. The minimum Gasteiger partial charge on any atom is -0.388 e. The molecule has 1 N–H and O–H groups in total. The zero-order valence-electron chi connectivity index (χ0n) is 11.0. The zero-order chi connectivity index (χ0) is 12.1. The molecule has 0 saturated carbocycles. The van der Waals surface area contributed by atoms with Crippen molar-refractivity contribution < 1.29 is 5.11 Å². The summed E-state index contributed by atoms with van der Waals surface area (Å²) in [4.78, 5) is 0. The maximum atomic E-state index is 10.1. The molecule has 1 unspecified atom stereocenters. The molecular formula is C15H24O. The van der Waals surface area contributed by atoms with Gasteiger partial charge in [-0.15, -0.1) is 0 Å².